The highest BCUT2D eigenvalue weighted by Gasteiger charge is 2.17. The lowest BCUT2D eigenvalue weighted by molar-refractivity contribution is 0.0955. The van der Waals surface area contributed by atoms with Crippen molar-refractivity contribution < 1.29 is 9.18 Å². The second-order valence-electron chi connectivity index (χ2n) is 8.70. The van der Waals surface area contributed by atoms with Gasteiger partial charge in [0, 0.05) is 44.3 Å². The molecule has 1 fully saturated rings. The zero-order valence-corrected chi connectivity index (χ0v) is 20.1. The number of nitrogens with zero attached hydrogens (tertiary/aromatic N) is 5. The number of hydrogen-bond acceptors (Lipinski definition) is 6. The fourth-order valence-corrected chi connectivity index (χ4v) is 5.19. The van der Waals surface area contributed by atoms with Gasteiger partial charge in [-0.3, -0.25) is 9.48 Å². The first-order valence-corrected chi connectivity index (χ1v) is 12.2. The summed E-state index contributed by atoms with van der Waals surface area (Å²) in [5.74, 6) is 0.607. The molecule has 1 aromatic carbocycles. The molecule has 34 heavy (non-hydrogen) atoms. The van der Waals surface area contributed by atoms with Crippen molar-refractivity contribution in [1.29, 1.82) is 0 Å². The van der Waals surface area contributed by atoms with Crippen molar-refractivity contribution in [2.24, 2.45) is 0 Å². The molecule has 4 heterocycles. The molecule has 0 bridgehead atoms. The van der Waals surface area contributed by atoms with Crippen LogP contribution in [0.1, 0.15) is 26.5 Å². The number of benzene rings is 1. The molecule has 0 radical (unpaired) electrons. The number of anilines is 1. The van der Waals surface area contributed by atoms with E-state index in [1.54, 1.807) is 12.1 Å². The van der Waals surface area contributed by atoms with Crippen molar-refractivity contribution in [3.05, 3.63) is 76.2 Å². The Morgan fingerprint density at radius 1 is 1.09 bits per heavy atom. The molecule has 9 heteroatoms. The number of carbonyl (C=O) groups is 1. The summed E-state index contributed by atoms with van der Waals surface area (Å²) >= 11 is 1.42. The van der Waals surface area contributed by atoms with Gasteiger partial charge < -0.3 is 15.1 Å². The Morgan fingerprint density at radius 3 is 2.53 bits per heavy atom. The summed E-state index contributed by atoms with van der Waals surface area (Å²) in [6, 6.07) is 12.3. The van der Waals surface area contributed by atoms with Crippen LogP contribution in [0.2, 0.25) is 0 Å². The van der Waals surface area contributed by atoms with Gasteiger partial charge in [0.15, 0.2) is 0 Å². The average molecular weight is 479 g/mol. The van der Waals surface area contributed by atoms with E-state index in [2.05, 4.69) is 32.2 Å². The molecule has 7 nitrogen and oxygen atoms in total. The van der Waals surface area contributed by atoms with Gasteiger partial charge in [0.1, 0.15) is 16.5 Å². The zero-order valence-electron chi connectivity index (χ0n) is 19.3. The van der Waals surface area contributed by atoms with Crippen LogP contribution in [-0.2, 0) is 13.1 Å². The monoisotopic (exact) mass is 478 g/mol. The molecule has 0 atom stereocenters. The number of aryl methyl sites for hydroxylation is 1. The predicted molar refractivity (Wildman–Crippen MR) is 133 cm³/mol. The zero-order chi connectivity index (χ0) is 23.7. The van der Waals surface area contributed by atoms with Crippen molar-refractivity contribution in [2.75, 3.05) is 38.1 Å². The lowest BCUT2D eigenvalue weighted by atomic mass is 10.2. The summed E-state index contributed by atoms with van der Waals surface area (Å²) in [5.41, 5.74) is 2.79. The summed E-state index contributed by atoms with van der Waals surface area (Å²) in [6.45, 7) is 6.91. The van der Waals surface area contributed by atoms with E-state index in [0.717, 1.165) is 59.0 Å². The molecule has 5 rings (SSSR count). The maximum absolute atomic E-state index is 13.2. The smallest absolute Gasteiger partial charge is 0.261 e. The van der Waals surface area contributed by atoms with Crippen LogP contribution in [0.5, 0.6) is 0 Å². The highest BCUT2D eigenvalue weighted by atomic mass is 32.1. The molecular weight excluding hydrogens is 451 g/mol. The summed E-state index contributed by atoms with van der Waals surface area (Å²) < 4.78 is 15.1. The number of carbonyl (C=O) groups excluding carboxylic acids is 1. The first-order chi connectivity index (χ1) is 16.5. The number of fused-ring (bicyclic) bond motifs is 1. The van der Waals surface area contributed by atoms with Crippen molar-refractivity contribution in [1.82, 2.24) is 25.0 Å². The molecule has 3 aromatic heterocycles. The van der Waals surface area contributed by atoms with E-state index >= 15 is 0 Å². The van der Waals surface area contributed by atoms with Crippen LogP contribution in [0.4, 0.5) is 10.2 Å². The molecular formula is C25H27FN6OS. The van der Waals surface area contributed by atoms with Gasteiger partial charge in [-0.25, -0.2) is 9.37 Å². The van der Waals surface area contributed by atoms with Crippen molar-refractivity contribution >= 4 is 33.3 Å². The quantitative estimate of drug-likeness (QED) is 0.458. The molecule has 4 aromatic rings. The Bertz CT molecular complexity index is 1290. The van der Waals surface area contributed by atoms with Crippen molar-refractivity contribution in [3.63, 3.8) is 0 Å². The number of halogens is 1. The standard InChI is InChI=1S/C25H27FN6OS/c1-17-21-13-22(34-25(21)32(29-17)16-18-3-6-20(26)7-4-18)24(33)28-15-19-5-8-23(27-14-19)31-11-9-30(2)10-12-31/h3-8,13-14H,9-12,15-16H2,1-2H3,(H,28,33). The van der Waals surface area contributed by atoms with Crippen LogP contribution in [0.15, 0.2) is 48.7 Å². The molecule has 1 aliphatic rings. The molecule has 0 spiro atoms. The Hall–Kier alpha value is -3.30. The number of amides is 1. The molecule has 176 valence electrons. The van der Waals surface area contributed by atoms with Crippen LogP contribution in [0.3, 0.4) is 0 Å². The van der Waals surface area contributed by atoms with Crippen LogP contribution < -0.4 is 10.2 Å². The van der Waals surface area contributed by atoms with Gasteiger partial charge in [0.25, 0.3) is 5.91 Å². The third-order valence-electron chi connectivity index (χ3n) is 6.17. The normalized spacial score (nSPS) is 14.6. The number of likely N-dealkylation sites (N-methyl/N-ethyl adjacent to an activating group) is 1. The van der Waals surface area contributed by atoms with Crippen LogP contribution >= 0.6 is 11.3 Å². The lowest BCUT2D eigenvalue weighted by Crippen LogP contribution is -2.44. The van der Waals surface area contributed by atoms with Gasteiger partial charge >= 0.3 is 0 Å². The van der Waals surface area contributed by atoms with Gasteiger partial charge in [0.2, 0.25) is 0 Å². The van der Waals surface area contributed by atoms with Gasteiger partial charge in [-0.2, -0.15) is 5.10 Å². The summed E-state index contributed by atoms with van der Waals surface area (Å²) in [6.07, 6.45) is 1.84. The lowest BCUT2D eigenvalue weighted by Gasteiger charge is -2.33. The van der Waals surface area contributed by atoms with Gasteiger partial charge in [0.05, 0.1) is 17.1 Å². The largest absolute Gasteiger partial charge is 0.354 e. The predicted octanol–water partition coefficient (Wildman–Crippen LogP) is 3.67. The van der Waals surface area contributed by atoms with E-state index in [-0.39, 0.29) is 11.7 Å². The highest BCUT2D eigenvalue weighted by Crippen LogP contribution is 2.29. The summed E-state index contributed by atoms with van der Waals surface area (Å²) in [4.78, 5) is 23.6. The van der Waals surface area contributed by atoms with E-state index < -0.39 is 0 Å². The molecule has 1 aliphatic heterocycles. The SMILES string of the molecule is Cc1nn(Cc2ccc(F)cc2)c2sc(C(=O)NCc3ccc(N4CCN(C)CC4)nc3)cc12. The van der Waals surface area contributed by atoms with E-state index in [1.165, 1.54) is 23.5 Å². The van der Waals surface area contributed by atoms with E-state index in [4.69, 9.17) is 0 Å². The van der Waals surface area contributed by atoms with E-state index in [0.29, 0.717) is 18.0 Å². The maximum Gasteiger partial charge on any atom is 0.261 e. The fourth-order valence-electron chi connectivity index (χ4n) is 4.11. The number of aromatic nitrogens is 3. The Labute approximate surface area is 201 Å². The Kier molecular flexibility index (Phi) is 6.30. The third kappa shape index (κ3) is 4.80. The van der Waals surface area contributed by atoms with Crippen LogP contribution in [0.25, 0.3) is 10.2 Å². The van der Waals surface area contributed by atoms with Gasteiger partial charge in [-0.1, -0.05) is 18.2 Å². The van der Waals surface area contributed by atoms with Gasteiger partial charge in [-0.05, 0) is 49.4 Å². The minimum atomic E-state index is -0.259. The summed E-state index contributed by atoms with van der Waals surface area (Å²) in [5, 5.41) is 8.57. The number of hydrogen-bond donors (Lipinski definition) is 1. The van der Waals surface area contributed by atoms with Crippen LogP contribution in [-0.4, -0.2) is 58.8 Å². The number of pyridine rings is 1. The maximum atomic E-state index is 13.2. The number of rotatable bonds is 6. The topological polar surface area (TPSA) is 66.3 Å². The third-order valence-corrected chi connectivity index (χ3v) is 7.31. The van der Waals surface area contributed by atoms with E-state index in [9.17, 15) is 9.18 Å². The van der Waals surface area contributed by atoms with Crippen molar-refractivity contribution in [2.45, 2.75) is 20.0 Å². The van der Waals surface area contributed by atoms with Crippen LogP contribution in [0, 0.1) is 12.7 Å². The number of nitrogens with one attached hydrogen (secondary N) is 1. The number of thiophene rings is 1. The molecule has 0 unspecified atom stereocenters. The van der Waals surface area contributed by atoms with E-state index in [1.807, 2.05) is 36.0 Å². The van der Waals surface area contributed by atoms with Gasteiger partial charge in [-0.15, -0.1) is 11.3 Å². The van der Waals surface area contributed by atoms with Crippen molar-refractivity contribution in [3.8, 4) is 0 Å². The summed E-state index contributed by atoms with van der Waals surface area (Å²) in [7, 11) is 2.13. The molecule has 0 saturated carbocycles. The highest BCUT2D eigenvalue weighted by molar-refractivity contribution is 7.20. The first kappa shape index (κ1) is 22.5. The second-order valence-corrected chi connectivity index (χ2v) is 9.73. The molecule has 0 aliphatic carbocycles. The number of piperazine rings is 1. The molecule has 1 saturated heterocycles. The second kappa shape index (κ2) is 9.52. The first-order valence-electron chi connectivity index (χ1n) is 11.3. The fraction of sp³-hybridized carbons (Fsp3) is 0.320. The average Bonchev–Trinajstić information content (AvgIpc) is 3.41. The minimum Gasteiger partial charge on any atom is -0.354 e. The Morgan fingerprint density at radius 2 is 1.82 bits per heavy atom. The Balaban J connectivity index is 1.23. The minimum absolute atomic E-state index is 0.114. The molecule has 1 amide bonds. The molecule has 1 N–H and O–H groups in total.